The molecule has 3 heterocycles. The maximum absolute atomic E-state index is 14.4. The number of halogens is 1. The standard InChI is InChI=1S/C20H15FN4O/c1-25-12-22-11-19(25)18-7-13-6-15(23-9-14(13)10-24-18)8-20(26)16-4-2-3-5-17(16)21/h2-7,9-12H,8H2,1H3/i2D,3D,4D,5D. The lowest BCUT2D eigenvalue weighted by atomic mass is 10.0. The van der Waals surface area contributed by atoms with Crippen molar-refractivity contribution in [3.05, 3.63) is 78.3 Å². The van der Waals surface area contributed by atoms with Gasteiger partial charge in [-0.05, 0) is 29.6 Å². The van der Waals surface area contributed by atoms with E-state index in [1.165, 1.54) is 0 Å². The molecule has 0 amide bonds. The van der Waals surface area contributed by atoms with Crippen LogP contribution in [0.3, 0.4) is 0 Å². The van der Waals surface area contributed by atoms with Crippen LogP contribution >= 0.6 is 0 Å². The Labute approximate surface area is 154 Å². The van der Waals surface area contributed by atoms with Gasteiger partial charge >= 0.3 is 0 Å². The van der Waals surface area contributed by atoms with Crippen LogP contribution in [0.1, 0.15) is 21.5 Å². The van der Waals surface area contributed by atoms with Crippen molar-refractivity contribution >= 4 is 16.6 Å². The zero-order chi connectivity index (χ0) is 21.6. The number of Topliss-reactive ketones (excluding diaryl/α,β-unsaturated/α-hetero) is 1. The van der Waals surface area contributed by atoms with Gasteiger partial charge in [0.05, 0.1) is 41.4 Å². The van der Waals surface area contributed by atoms with Crippen LogP contribution in [-0.4, -0.2) is 25.3 Å². The average molecular weight is 350 g/mol. The fourth-order valence-corrected chi connectivity index (χ4v) is 2.67. The van der Waals surface area contributed by atoms with Gasteiger partial charge in [0.15, 0.2) is 5.78 Å². The molecule has 128 valence electrons. The van der Waals surface area contributed by atoms with E-state index in [0.717, 1.165) is 16.5 Å². The van der Waals surface area contributed by atoms with Gasteiger partial charge in [0.25, 0.3) is 0 Å². The number of aryl methyl sites for hydroxylation is 1. The summed E-state index contributed by atoms with van der Waals surface area (Å²) in [5, 5.41) is 1.53. The van der Waals surface area contributed by atoms with E-state index in [9.17, 15) is 9.18 Å². The number of aromatic nitrogens is 4. The number of benzene rings is 1. The number of carbonyl (C=O) groups excluding carboxylic acids is 1. The summed E-state index contributed by atoms with van der Waals surface area (Å²) in [6.45, 7) is 0. The van der Waals surface area contributed by atoms with E-state index in [2.05, 4.69) is 15.0 Å². The monoisotopic (exact) mass is 350 g/mol. The molecule has 0 aliphatic rings. The third-order valence-corrected chi connectivity index (χ3v) is 4.00. The first-order chi connectivity index (χ1) is 14.3. The molecule has 3 aromatic heterocycles. The Hall–Kier alpha value is -3.41. The van der Waals surface area contributed by atoms with Gasteiger partial charge in [0, 0.05) is 30.5 Å². The van der Waals surface area contributed by atoms with Crippen LogP contribution in [0.5, 0.6) is 0 Å². The number of ketones is 1. The molecule has 0 unspecified atom stereocenters. The van der Waals surface area contributed by atoms with E-state index in [1.54, 1.807) is 31.0 Å². The topological polar surface area (TPSA) is 60.7 Å². The fraction of sp³-hybridized carbons (Fsp3) is 0.100. The highest BCUT2D eigenvalue weighted by molar-refractivity contribution is 5.98. The first kappa shape index (κ1) is 12.0. The SMILES string of the molecule is [2H]c1c([2H])c([2H])c(C(=O)Cc2cc3cc(-c4cncn4C)ncc3cn2)c(F)c1[2H]. The number of rotatable bonds is 4. The van der Waals surface area contributed by atoms with E-state index in [0.29, 0.717) is 11.4 Å². The molecule has 0 saturated heterocycles. The molecule has 0 atom stereocenters. The van der Waals surface area contributed by atoms with E-state index in [-0.39, 0.29) is 6.42 Å². The van der Waals surface area contributed by atoms with Crippen LogP contribution in [0.2, 0.25) is 0 Å². The molecule has 0 fully saturated rings. The molecular formula is C20H15FN4O. The molecule has 0 N–H and O–H groups in total. The summed E-state index contributed by atoms with van der Waals surface area (Å²) in [4.78, 5) is 25.3. The lowest BCUT2D eigenvalue weighted by molar-refractivity contribution is 0.0988. The molecule has 0 saturated carbocycles. The van der Waals surface area contributed by atoms with Crippen molar-refractivity contribution in [3.63, 3.8) is 0 Å². The van der Waals surface area contributed by atoms with Crippen molar-refractivity contribution in [2.75, 3.05) is 0 Å². The van der Waals surface area contributed by atoms with Crippen molar-refractivity contribution in [2.45, 2.75) is 6.42 Å². The maximum atomic E-state index is 14.4. The third-order valence-electron chi connectivity index (χ3n) is 4.00. The Morgan fingerprint density at radius 3 is 2.77 bits per heavy atom. The Bertz CT molecular complexity index is 1290. The summed E-state index contributed by atoms with van der Waals surface area (Å²) in [6, 6.07) is 0.589. The second-order valence-electron chi connectivity index (χ2n) is 5.77. The van der Waals surface area contributed by atoms with Gasteiger partial charge < -0.3 is 4.57 Å². The zero-order valence-electron chi connectivity index (χ0n) is 17.7. The molecule has 6 heteroatoms. The van der Waals surface area contributed by atoms with Gasteiger partial charge in [0.1, 0.15) is 5.82 Å². The summed E-state index contributed by atoms with van der Waals surface area (Å²) in [7, 11) is 1.85. The van der Waals surface area contributed by atoms with Gasteiger partial charge in [-0.25, -0.2) is 9.37 Å². The van der Waals surface area contributed by atoms with Gasteiger partial charge in [-0.1, -0.05) is 12.1 Å². The molecule has 26 heavy (non-hydrogen) atoms. The molecule has 0 aliphatic carbocycles. The molecule has 4 aromatic rings. The van der Waals surface area contributed by atoms with Crippen LogP contribution in [0.25, 0.3) is 22.2 Å². The molecule has 1 aromatic carbocycles. The lowest BCUT2D eigenvalue weighted by Gasteiger charge is -2.06. The van der Waals surface area contributed by atoms with Crippen LogP contribution in [0.4, 0.5) is 4.39 Å². The third kappa shape index (κ3) is 2.97. The van der Waals surface area contributed by atoms with Gasteiger partial charge in [-0.15, -0.1) is 0 Å². The Balaban J connectivity index is 1.71. The molecule has 5 nitrogen and oxygen atoms in total. The first-order valence-electron chi connectivity index (χ1n) is 9.78. The van der Waals surface area contributed by atoms with Gasteiger partial charge in [-0.2, -0.15) is 0 Å². The summed E-state index contributed by atoms with van der Waals surface area (Å²) < 4.78 is 46.8. The number of pyridine rings is 2. The number of hydrogen-bond acceptors (Lipinski definition) is 4. The van der Waals surface area contributed by atoms with E-state index in [4.69, 9.17) is 5.48 Å². The van der Waals surface area contributed by atoms with Crippen LogP contribution in [0, 0.1) is 5.82 Å². The second kappa shape index (κ2) is 6.48. The molecule has 0 bridgehead atoms. The first-order valence-corrected chi connectivity index (χ1v) is 7.78. The van der Waals surface area contributed by atoms with Gasteiger partial charge in [0.2, 0.25) is 0 Å². The van der Waals surface area contributed by atoms with Gasteiger partial charge in [-0.3, -0.25) is 14.8 Å². The molecular weight excluding hydrogens is 331 g/mol. The summed E-state index contributed by atoms with van der Waals surface area (Å²) >= 11 is 0. The number of imidazole rings is 1. The summed E-state index contributed by atoms with van der Waals surface area (Å²) in [5.74, 6) is -2.03. The zero-order valence-corrected chi connectivity index (χ0v) is 13.7. The minimum atomic E-state index is -1.26. The van der Waals surface area contributed by atoms with Crippen LogP contribution < -0.4 is 0 Å². The van der Waals surface area contributed by atoms with E-state index >= 15 is 0 Å². The number of carbonyl (C=O) groups is 1. The number of nitrogens with zero attached hydrogens (tertiary/aromatic N) is 4. The minimum absolute atomic E-state index is 0.307. The van der Waals surface area contributed by atoms with Crippen molar-refractivity contribution < 1.29 is 14.7 Å². The highest BCUT2D eigenvalue weighted by Crippen LogP contribution is 2.22. The molecule has 0 aliphatic heterocycles. The van der Waals surface area contributed by atoms with Crippen molar-refractivity contribution in [1.29, 1.82) is 0 Å². The van der Waals surface area contributed by atoms with Crippen molar-refractivity contribution in [2.24, 2.45) is 7.05 Å². The predicted octanol–water partition coefficient (Wildman–Crippen LogP) is 3.59. The van der Waals surface area contributed by atoms with E-state index in [1.807, 2.05) is 17.7 Å². The summed E-state index contributed by atoms with van der Waals surface area (Å²) in [5.41, 5.74) is 1.19. The van der Waals surface area contributed by atoms with Crippen LogP contribution in [-0.2, 0) is 13.5 Å². The number of hydrogen-bond donors (Lipinski definition) is 0. The Morgan fingerprint density at radius 2 is 1.96 bits per heavy atom. The largest absolute Gasteiger partial charge is 0.332 e. The quantitative estimate of drug-likeness (QED) is 0.528. The number of fused-ring (bicyclic) bond motifs is 1. The molecule has 4 rings (SSSR count). The maximum Gasteiger partial charge on any atom is 0.171 e. The second-order valence-corrected chi connectivity index (χ2v) is 5.77. The average Bonchev–Trinajstić information content (AvgIpc) is 3.16. The molecule has 0 radical (unpaired) electrons. The summed E-state index contributed by atoms with van der Waals surface area (Å²) in [6.07, 6.45) is 6.25. The van der Waals surface area contributed by atoms with Crippen molar-refractivity contribution in [1.82, 2.24) is 19.5 Å². The predicted molar refractivity (Wildman–Crippen MR) is 96.2 cm³/mol. The Kier molecular flexibility index (Phi) is 3.00. The van der Waals surface area contributed by atoms with E-state index < -0.39 is 41.3 Å². The minimum Gasteiger partial charge on any atom is -0.332 e. The smallest absolute Gasteiger partial charge is 0.171 e. The molecule has 0 spiro atoms. The normalized spacial score (nSPS) is 13.2. The lowest BCUT2D eigenvalue weighted by Crippen LogP contribution is -2.07. The highest BCUT2D eigenvalue weighted by Gasteiger charge is 2.13. The highest BCUT2D eigenvalue weighted by atomic mass is 19.1. The fourth-order valence-electron chi connectivity index (χ4n) is 2.67. The van der Waals surface area contributed by atoms with Crippen LogP contribution in [0.15, 0.2) is 61.2 Å². The van der Waals surface area contributed by atoms with Crippen molar-refractivity contribution in [3.8, 4) is 11.4 Å². The Morgan fingerprint density at radius 1 is 1.15 bits per heavy atom.